The van der Waals surface area contributed by atoms with Crippen molar-refractivity contribution in [3.63, 3.8) is 0 Å². The highest BCUT2D eigenvalue weighted by molar-refractivity contribution is 5.96. The molecule has 1 aliphatic rings. The first-order chi connectivity index (χ1) is 7.08. The molecule has 1 fully saturated rings. The van der Waals surface area contributed by atoms with Crippen molar-refractivity contribution in [1.82, 2.24) is 0 Å². The van der Waals surface area contributed by atoms with E-state index in [1.165, 1.54) is 0 Å². The summed E-state index contributed by atoms with van der Waals surface area (Å²) in [6.45, 7) is 7.65. The number of hydrogen-bond acceptors (Lipinski definition) is 1. The van der Waals surface area contributed by atoms with Crippen molar-refractivity contribution in [2.45, 2.75) is 26.7 Å². The molecule has 15 heavy (non-hydrogen) atoms. The van der Waals surface area contributed by atoms with Crippen LogP contribution < -0.4 is 0 Å². The number of hydrogen-bond donors (Lipinski definition) is 1. The van der Waals surface area contributed by atoms with Crippen molar-refractivity contribution in [3.05, 3.63) is 36.5 Å². The van der Waals surface area contributed by atoms with Gasteiger partial charge in [-0.3, -0.25) is 5.41 Å². The number of rotatable bonds is 4. The van der Waals surface area contributed by atoms with Crippen LogP contribution in [0.25, 0.3) is 0 Å². The van der Waals surface area contributed by atoms with Crippen LogP contribution in [-0.2, 0) is 0 Å². The zero-order valence-electron chi connectivity index (χ0n) is 9.46. The van der Waals surface area contributed by atoms with Gasteiger partial charge in [0.2, 0.25) is 0 Å². The molecule has 1 saturated carbocycles. The van der Waals surface area contributed by atoms with Gasteiger partial charge < -0.3 is 0 Å². The van der Waals surface area contributed by atoms with Crippen molar-refractivity contribution in [2.75, 3.05) is 0 Å². The Morgan fingerprint density at radius 3 is 2.60 bits per heavy atom. The molecule has 1 rings (SSSR count). The van der Waals surface area contributed by atoms with Crippen molar-refractivity contribution < 1.29 is 0 Å². The minimum absolute atomic E-state index is 0.0632. The van der Waals surface area contributed by atoms with Gasteiger partial charge in [-0.2, -0.15) is 0 Å². The molecule has 0 aromatic carbocycles. The van der Waals surface area contributed by atoms with Crippen LogP contribution in [0.2, 0.25) is 0 Å². The summed E-state index contributed by atoms with van der Waals surface area (Å²) >= 11 is 0. The van der Waals surface area contributed by atoms with E-state index in [9.17, 15) is 0 Å². The monoisotopic (exact) mass is 202 g/mol. The summed E-state index contributed by atoms with van der Waals surface area (Å²) in [5.41, 5.74) is 1.11. The predicted molar refractivity (Wildman–Crippen MR) is 66.7 cm³/mol. The second kappa shape index (κ2) is 4.87. The number of nitrogens with one attached hydrogen (secondary N) is 1. The quantitative estimate of drug-likeness (QED) is 0.411. The lowest BCUT2D eigenvalue weighted by Gasteiger charge is -2.03. The maximum absolute atomic E-state index is 7.75. The Morgan fingerprint density at radius 1 is 1.40 bits per heavy atom. The zero-order valence-corrected chi connectivity index (χ0v) is 9.46. The highest BCUT2D eigenvalue weighted by Gasteiger charge is 2.41. The molecular formula is C13H18N2. The van der Waals surface area contributed by atoms with E-state index in [1.54, 1.807) is 12.3 Å². The second-order valence-electron chi connectivity index (χ2n) is 4.20. The molecule has 1 aliphatic carbocycles. The molecular weight excluding hydrogens is 184 g/mol. The molecule has 0 aliphatic heterocycles. The molecule has 0 aromatic heterocycles. The van der Waals surface area contributed by atoms with E-state index in [2.05, 4.69) is 18.5 Å². The Morgan fingerprint density at radius 2 is 2.07 bits per heavy atom. The fourth-order valence-electron chi connectivity index (χ4n) is 1.08. The molecule has 0 saturated heterocycles. The lowest BCUT2D eigenvalue weighted by Crippen LogP contribution is -2.07. The third-order valence-electron chi connectivity index (χ3n) is 2.58. The molecule has 0 bridgehead atoms. The summed E-state index contributed by atoms with van der Waals surface area (Å²) in [6, 6.07) is 0. The lowest BCUT2D eigenvalue weighted by atomic mass is 10.1. The molecule has 2 heteroatoms. The summed E-state index contributed by atoms with van der Waals surface area (Å²) in [6.07, 6.45) is 11.4. The largest absolute Gasteiger partial charge is 0.286 e. The van der Waals surface area contributed by atoms with E-state index in [4.69, 9.17) is 5.41 Å². The molecule has 0 unspecified atom stereocenters. The Hall–Kier alpha value is -1.44. The molecule has 0 spiro atoms. The van der Waals surface area contributed by atoms with Crippen LogP contribution in [-0.4, -0.2) is 12.1 Å². The second-order valence-corrected chi connectivity index (χ2v) is 4.20. The molecule has 0 heterocycles. The van der Waals surface area contributed by atoms with Crippen LogP contribution in [0.1, 0.15) is 26.7 Å². The van der Waals surface area contributed by atoms with E-state index >= 15 is 0 Å². The number of nitrogens with zero attached hydrogens (tertiary/aromatic N) is 1. The van der Waals surface area contributed by atoms with E-state index in [0.29, 0.717) is 5.84 Å². The number of allylic oxidation sites excluding steroid dienone is 5. The normalized spacial score (nSPS) is 19.7. The van der Waals surface area contributed by atoms with Gasteiger partial charge in [0.15, 0.2) is 0 Å². The first-order valence-corrected chi connectivity index (χ1v) is 5.17. The van der Waals surface area contributed by atoms with E-state index < -0.39 is 0 Å². The topological polar surface area (TPSA) is 36.2 Å². The Bertz CT molecular complexity index is 342. The summed E-state index contributed by atoms with van der Waals surface area (Å²) < 4.78 is 0. The Kier molecular flexibility index (Phi) is 3.78. The fourth-order valence-corrected chi connectivity index (χ4v) is 1.08. The van der Waals surface area contributed by atoms with Crippen LogP contribution in [0.3, 0.4) is 0 Å². The van der Waals surface area contributed by atoms with Gasteiger partial charge in [0.25, 0.3) is 0 Å². The van der Waals surface area contributed by atoms with E-state index in [1.807, 2.05) is 25.2 Å². The molecule has 80 valence electrons. The Balaban J connectivity index is 2.50. The van der Waals surface area contributed by atoms with E-state index in [0.717, 1.165) is 18.4 Å². The maximum atomic E-state index is 7.75. The van der Waals surface area contributed by atoms with Gasteiger partial charge in [0.1, 0.15) is 5.84 Å². The molecule has 0 radical (unpaired) electrons. The first-order valence-electron chi connectivity index (χ1n) is 5.17. The van der Waals surface area contributed by atoms with Crippen molar-refractivity contribution >= 4 is 12.1 Å². The van der Waals surface area contributed by atoms with Crippen LogP contribution in [0.5, 0.6) is 0 Å². The van der Waals surface area contributed by atoms with Crippen molar-refractivity contribution in [1.29, 1.82) is 5.41 Å². The summed E-state index contributed by atoms with van der Waals surface area (Å²) in [5, 5.41) is 7.75. The molecule has 1 N–H and O–H groups in total. The highest BCUT2D eigenvalue weighted by Crippen LogP contribution is 2.46. The van der Waals surface area contributed by atoms with Crippen molar-refractivity contribution in [3.8, 4) is 0 Å². The summed E-state index contributed by atoms with van der Waals surface area (Å²) in [5.74, 6) is 0.503. The smallest absolute Gasteiger partial charge is 0.126 e. The van der Waals surface area contributed by atoms with Gasteiger partial charge in [-0.1, -0.05) is 37.8 Å². The number of amidine groups is 1. The van der Waals surface area contributed by atoms with Gasteiger partial charge in [-0.25, -0.2) is 4.99 Å². The van der Waals surface area contributed by atoms with Gasteiger partial charge in [0, 0.05) is 11.6 Å². The summed E-state index contributed by atoms with van der Waals surface area (Å²) in [7, 11) is 0. The van der Waals surface area contributed by atoms with Gasteiger partial charge in [-0.15, -0.1) is 0 Å². The molecule has 0 amide bonds. The highest BCUT2D eigenvalue weighted by atomic mass is 14.9. The van der Waals surface area contributed by atoms with Crippen LogP contribution in [0, 0.1) is 10.8 Å². The maximum Gasteiger partial charge on any atom is 0.126 e. The number of aliphatic imine (C=N–C) groups is 1. The summed E-state index contributed by atoms with van der Waals surface area (Å²) in [4.78, 5) is 4.17. The van der Waals surface area contributed by atoms with Crippen LogP contribution in [0.15, 0.2) is 41.4 Å². The Labute approximate surface area is 91.6 Å². The minimum atomic E-state index is 0.0632. The predicted octanol–water partition coefficient (Wildman–Crippen LogP) is 3.52. The first kappa shape index (κ1) is 11.6. The van der Waals surface area contributed by atoms with Gasteiger partial charge in [-0.05, 0) is 25.3 Å². The zero-order chi connectivity index (χ0) is 11.3. The lowest BCUT2D eigenvalue weighted by molar-refractivity contribution is 0.787. The molecule has 0 atom stereocenters. The third kappa shape index (κ3) is 3.66. The molecule has 0 aromatic rings. The van der Waals surface area contributed by atoms with E-state index in [-0.39, 0.29) is 5.41 Å². The van der Waals surface area contributed by atoms with Gasteiger partial charge >= 0.3 is 0 Å². The standard InChI is InChI=1S/C13H18N2/c1-4-5-6-7-11(2)10-15-12(14)13(3)8-9-13/h4-7,10,14H,1,8-9H2,2-3H3. The van der Waals surface area contributed by atoms with Crippen molar-refractivity contribution in [2.24, 2.45) is 10.4 Å². The van der Waals surface area contributed by atoms with Gasteiger partial charge in [0.05, 0.1) is 0 Å². The third-order valence-corrected chi connectivity index (χ3v) is 2.58. The van der Waals surface area contributed by atoms with Crippen LogP contribution in [0.4, 0.5) is 0 Å². The average Bonchev–Trinajstić information content (AvgIpc) is 2.95. The van der Waals surface area contributed by atoms with Crippen LogP contribution >= 0.6 is 0 Å². The molecule has 2 nitrogen and oxygen atoms in total. The average molecular weight is 202 g/mol. The SMILES string of the molecule is C=CC=CC=C(C)C=NC(=N)C1(C)CC1. The fraction of sp³-hybridized carbons (Fsp3) is 0.385. The minimum Gasteiger partial charge on any atom is -0.286 e.